The van der Waals surface area contributed by atoms with Crippen molar-refractivity contribution in [2.75, 3.05) is 39.6 Å². The Labute approximate surface area is 568 Å². The van der Waals surface area contributed by atoms with Crippen molar-refractivity contribution < 1.29 is 80.2 Å². The van der Waals surface area contributed by atoms with Gasteiger partial charge in [0.1, 0.15) is 19.3 Å². The van der Waals surface area contributed by atoms with Crippen LogP contribution >= 0.6 is 15.6 Å². The lowest BCUT2D eigenvalue weighted by molar-refractivity contribution is -0.161. The molecule has 0 aromatic carbocycles. The third-order valence-electron chi connectivity index (χ3n) is 17.3. The molecule has 0 aliphatic rings. The molecule has 93 heavy (non-hydrogen) atoms. The van der Waals surface area contributed by atoms with Crippen LogP contribution in [-0.2, 0) is 65.4 Å². The largest absolute Gasteiger partial charge is 0.472 e. The van der Waals surface area contributed by atoms with E-state index < -0.39 is 97.5 Å². The number of carbonyl (C=O) groups excluding carboxylic acids is 4. The molecule has 0 spiro atoms. The van der Waals surface area contributed by atoms with E-state index in [0.29, 0.717) is 25.7 Å². The fraction of sp³-hybridized carbons (Fsp3) is 0.946. The minimum Gasteiger partial charge on any atom is -0.462 e. The number of aliphatic hydroxyl groups is 1. The first kappa shape index (κ1) is 91.1. The molecule has 0 amide bonds. The van der Waals surface area contributed by atoms with Gasteiger partial charge in [-0.2, -0.15) is 0 Å². The van der Waals surface area contributed by atoms with Crippen LogP contribution < -0.4 is 0 Å². The standard InChI is InChI=1S/C74H144O17P2/c1-6-9-12-15-17-19-21-23-25-26-27-28-30-32-36-40-44-49-54-59-74(79)91-70(64-85-72(77)58-53-48-43-39-35-31-29-24-22-20-18-16-13-10-7-2)66-89-93(82,83)87-62-68(75)61-86-92(80,81)88-65-69(63-84-71(76)57-52-46-14-11-8-3)90-73(78)60-55-50-45-41-37-33-34-38-42-47-51-56-67(4)5/h67-70,75H,6-66H2,1-5H3,(H,80,81)(H,82,83)/t68-,69+,70+/m0/s1. The Kier molecular flexibility index (Phi) is 65.9. The van der Waals surface area contributed by atoms with Gasteiger partial charge in [0.2, 0.25) is 0 Å². The molecule has 0 aromatic rings. The Morgan fingerprint density at radius 3 is 0.731 bits per heavy atom. The van der Waals surface area contributed by atoms with Gasteiger partial charge in [-0.05, 0) is 31.6 Å². The van der Waals surface area contributed by atoms with Crippen molar-refractivity contribution >= 4 is 39.5 Å². The second-order valence-corrected chi connectivity index (χ2v) is 30.1. The Bertz CT molecular complexity index is 1790. The normalized spacial score (nSPS) is 14.0. The minimum atomic E-state index is -4.95. The Hall–Kier alpha value is -1.94. The van der Waals surface area contributed by atoms with Gasteiger partial charge in [-0.15, -0.1) is 0 Å². The third-order valence-corrected chi connectivity index (χ3v) is 19.2. The van der Waals surface area contributed by atoms with Crippen molar-refractivity contribution in [3.63, 3.8) is 0 Å². The zero-order valence-corrected chi connectivity index (χ0v) is 62.2. The third kappa shape index (κ3) is 68.4. The van der Waals surface area contributed by atoms with Crippen LogP contribution in [0.4, 0.5) is 0 Å². The molecular weight excluding hydrogens is 1220 g/mol. The molecule has 3 N–H and O–H groups in total. The van der Waals surface area contributed by atoms with Crippen LogP contribution in [0.5, 0.6) is 0 Å². The predicted molar refractivity (Wildman–Crippen MR) is 377 cm³/mol. The number of rotatable bonds is 74. The molecule has 0 rings (SSSR count). The van der Waals surface area contributed by atoms with E-state index in [4.69, 9.17) is 37.0 Å². The molecule has 5 atom stereocenters. The average molecular weight is 1370 g/mol. The number of unbranched alkanes of at least 4 members (excludes halogenated alkanes) is 46. The second-order valence-electron chi connectivity index (χ2n) is 27.2. The zero-order valence-electron chi connectivity index (χ0n) is 60.4. The topological polar surface area (TPSA) is 237 Å². The van der Waals surface area contributed by atoms with E-state index in [1.54, 1.807) is 0 Å². The van der Waals surface area contributed by atoms with Crippen LogP contribution in [0, 0.1) is 5.92 Å². The molecule has 0 aliphatic carbocycles. The molecule has 0 fully saturated rings. The van der Waals surface area contributed by atoms with Crippen LogP contribution in [0.3, 0.4) is 0 Å². The number of phosphoric ester groups is 2. The summed E-state index contributed by atoms with van der Waals surface area (Å²) in [5, 5.41) is 10.6. The maximum atomic E-state index is 13.1. The van der Waals surface area contributed by atoms with Crippen molar-refractivity contribution in [1.82, 2.24) is 0 Å². The van der Waals surface area contributed by atoms with Crippen LogP contribution in [0.2, 0.25) is 0 Å². The molecular formula is C74H144O17P2. The smallest absolute Gasteiger partial charge is 0.462 e. The van der Waals surface area contributed by atoms with Gasteiger partial charge in [0.15, 0.2) is 12.2 Å². The lowest BCUT2D eigenvalue weighted by Gasteiger charge is -2.21. The van der Waals surface area contributed by atoms with Gasteiger partial charge >= 0.3 is 39.5 Å². The van der Waals surface area contributed by atoms with Gasteiger partial charge in [0.05, 0.1) is 26.4 Å². The SMILES string of the molecule is CCCCCCCCCCCCCCCCCCCCCC(=O)O[C@H](COC(=O)CCCCCCCCCCCCCCCCC)COP(=O)(O)OC[C@@H](O)COP(=O)(O)OC[C@@H](COC(=O)CCCCCCC)OC(=O)CCCCCCCCCCCCCC(C)C. The summed E-state index contributed by atoms with van der Waals surface area (Å²) in [6, 6.07) is 0. The van der Waals surface area contributed by atoms with Gasteiger partial charge in [0, 0.05) is 25.7 Å². The molecule has 2 unspecified atom stereocenters. The number of aliphatic hydroxyl groups excluding tert-OH is 1. The summed E-state index contributed by atoms with van der Waals surface area (Å²) >= 11 is 0. The Morgan fingerprint density at radius 2 is 0.495 bits per heavy atom. The minimum absolute atomic E-state index is 0.106. The molecule has 0 saturated carbocycles. The monoisotopic (exact) mass is 1370 g/mol. The summed E-state index contributed by atoms with van der Waals surface area (Å²) in [6.45, 7) is 7.19. The molecule has 0 aliphatic heterocycles. The van der Waals surface area contributed by atoms with Crippen molar-refractivity contribution in [3.8, 4) is 0 Å². The number of phosphoric acid groups is 2. The quantitative estimate of drug-likeness (QED) is 0.0222. The van der Waals surface area contributed by atoms with Crippen molar-refractivity contribution in [3.05, 3.63) is 0 Å². The first-order valence-corrected chi connectivity index (χ1v) is 41.6. The van der Waals surface area contributed by atoms with E-state index in [-0.39, 0.29) is 25.7 Å². The van der Waals surface area contributed by atoms with Crippen molar-refractivity contribution in [2.45, 2.75) is 406 Å². The molecule has 0 bridgehead atoms. The van der Waals surface area contributed by atoms with E-state index in [0.717, 1.165) is 102 Å². The van der Waals surface area contributed by atoms with E-state index >= 15 is 0 Å². The van der Waals surface area contributed by atoms with Gasteiger partial charge in [-0.25, -0.2) is 9.13 Å². The van der Waals surface area contributed by atoms with Gasteiger partial charge in [0.25, 0.3) is 0 Å². The fourth-order valence-electron chi connectivity index (χ4n) is 11.4. The molecule has 0 aromatic heterocycles. The maximum absolute atomic E-state index is 13.1. The molecule has 0 radical (unpaired) electrons. The maximum Gasteiger partial charge on any atom is 0.472 e. The van der Waals surface area contributed by atoms with Gasteiger partial charge < -0.3 is 33.8 Å². The number of carbonyl (C=O) groups is 4. The predicted octanol–water partition coefficient (Wildman–Crippen LogP) is 21.7. The first-order chi connectivity index (χ1) is 45.0. The highest BCUT2D eigenvalue weighted by Gasteiger charge is 2.30. The first-order valence-electron chi connectivity index (χ1n) is 38.6. The van der Waals surface area contributed by atoms with E-state index in [1.807, 2.05) is 0 Å². The zero-order chi connectivity index (χ0) is 68.4. The Balaban J connectivity index is 5.14. The number of hydrogen-bond acceptors (Lipinski definition) is 15. The van der Waals surface area contributed by atoms with Crippen LogP contribution in [-0.4, -0.2) is 96.7 Å². The summed E-state index contributed by atoms with van der Waals surface area (Å²) in [4.78, 5) is 72.5. The van der Waals surface area contributed by atoms with E-state index in [9.17, 15) is 43.2 Å². The number of esters is 4. The van der Waals surface area contributed by atoms with E-state index in [1.165, 1.54) is 205 Å². The molecule has 0 heterocycles. The highest BCUT2D eigenvalue weighted by atomic mass is 31.2. The van der Waals surface area contributed by atoms with Crippen LogP contribution in [0.25, 0.3) is 0 Å². The van der Waals surface area contributed by atoms with Crippen molar-refractivity contribution in [1.29, 1.82) is 0 Å². The summed E-state index contributed by atoms with van der Waals surface area (Å²) in [5.74, 6) is -1.36. The molecule has 17 nitrogen and oxygen atoms in total. The number of hydrogen-bond donors (Lipinski definition) is 3. The van der Waals surface area contributed by atoms with Gasteiger partial charge in [-0.3, -0.25) is 37.3 Å². The highest BCUT2D eigenvalue weighted by molar-refractivity contribution is 7.47. The molecule has 552 valence electrons. The fourth-order valence-corrected chi connectivity index (χ4v) is 12.9. The summed E-state index contributed by atoms with van der Waals surface area (Å²) in [6.07, 6.45) is 55.9. The molecule has 0 saturated heterocycles. The lowest BCUT2D eigenvalue weighted by Crippen LogP contribution is -2.30. The molecule has 19 heteroatoms. The number of ether oxygens (including phenoxy) is 4. The highest BCUT2D eigenvalue weighted by Crippen LogP contribution is 2.45. The lowest BCUT2D eigenvalue weighted by atomic mass is 10.0. The second kappa shape index (κ2) is 67.3. The van der Waals surface area contributed by atoms with Gasteiger partial charge in [-0.1, -0.05) is 336 Å². The van der Waals surface area contributed by atoms with Crippen LogP contribution in [0.1, 0.15) is 388 Å². The van der Waals surface area contributed by atoms with Crippen LogP contribution in [0.15, 0.2) is 0 Å². The van der Waals surface area contributed by atoms with E-state index in [2.05, 4.69) is 34.6 Å². The Morgan fingerprint density at radius 1 is 0.290 bits per heavy atom. The van der Waals surface area contributed by atoms with Crippen molar-refractivity contribution in [2.24, 2.45) is 5.92 Å². The average Bonchev–Trinajstić information content (AvgIpc) is 1.96. The summed E-state index contributed by atoms with van der Waals surface area (Å²) in [5.41, 5.74) is 0. The summed E-state index contributed by atoms with van der Waals surface area (Å²) < 4.78 is 68.2. The summed E-state index contributed by atoms with van der Waals surface area (Å²) in [7, 11) is -9.90.